The Kier molecular flexibility index (Phi) is 6.41. The summed E-state index contributed by atoms with van der Waals surface area (Å²) in [6, 6.07) is 0. The van der Waals surface area contributed by atoms with E-state index in [1.165, 1.54) is 4.31 Å². The van der Waals surface area contributed by atoms with E-state index in [1.807, 2.05) is 0 Å². The van der Waals surface area contributed by atoms with E-state index in [0.29, 0.717) is 19.4 Å². The van der Waals surface area contributed by atoms with Crippen molar-refractivity contribution in [3.05, 3.63) is 0 Å². The molecule has 1 fully saturated rings. The monoisotopic (exact) mass is 307 g/mol. The van der Waals surface area contributed by atoms with Gasteiger partial charge in [0.1, 0.15) is 0 Å². The van der Waals surface area contributed by atoms with Gasteiger partial charge in [-0.05, 0) is 26.2 Å². The van der Waals surface area contributed by atoms with Crippen molar-refractivity contribution < 1.29 is 27.9 Å². The summed E-state index contributed by atoms with van der Waals surface area (Å²) in [5.41, 5.74) is 0. The Hall–Kier alpha value is -1.15. The van der Waals surface area contributed by atoms with Crippen LogP contribution in [-0.4, -0.2) is 55.2 Å². The maximum absolute atomic E-state index is 12.1. The van der Waals surface area contributed by atoms with Crippen LogP contribution in [0.25, 0.3) is 0 Å². The predicted octanol–water partition coefficient (Wildman–Crippen LogP) is 0.456. The number of sulfonamides is 1. The number of piperidine rings is 1. The van der Waals surface area contributed by atoms with Crippen LogP contribution in [0.3, 0.4) is 0 Å². The first kappa shape index (κ1) is 16.9. The second-order valence-corrected chi connectivity index (χ2v) is 6.85. The van der Waals surface area contributed by atoms with Crippen LogP contribution in [0.15, 0.2) is 0 Å². The van der Waals surface area contributed by atoms with Crippen LogP contribution in [0.2, 0.25) is 0 Å². The molecule has 1 heterocycles. The number of ether oxygens (including phenoxy) is 1. The van der Waals surface area contributed by atoms with Crippen LogP contribution >= 0.6 is 0 Å². The molecule has 1 rings (SSSR count). The number of aliphatic carboxylic acids is 1. The number of carbonyl (C=O) groups is 2. The average molecular weight is 307 g/mol. The van der Waals surface area contributed by atoms with Gasteiger partial charge in [0.2, 0.25) is 10.0 Å². The Morgan fingerprint density at radius 3 is 2.70 bits per heavy atom. The first-order valence-electron chi connectivity index (χ1n) is 6.73. The Morgan fingerprint density at radius 2 is 2.10 bits per heavy atom. The molecule has 1 N–H and O–H groups in total. The fraction of sp³-hybridized carbons (Fsp3) is 0.833. The fourth-order valence-corrected chi connectivity index (χ4v) is 3.76. The minimum atomic E-state index is -3.50. The van der Waals surface area contributed by atoms with E-state index in [9.17, 15) is 18.0 Å². The summed E-state index contributed by atoms with van der Waals surface area (Å²) in [5, 5.41) is 8.52. The maximum atomic E-state index is 12.1. The molecule has 8 heteroatoms. The highest BCUT2D eigenvalue weighted by molar-refractivity contribution is 7.89. The average Bonchev–Trinajstić information content (AvgIpc) is 2.38. The molecule has 0 aromatic carbocycles. The van der Waals surface area contributed by atoms with E-state index < -0.39 is 21.9 Å². The van der Waals surface area contributed by atoms with Gasteiger partial charge in [-0.2, -0.15) is 0 Å². The summed E-state index contributed by atoms with van der Waals surface area (Å²) < 4.78 is 30.3. The van der Waals surface area contributed by atoms with Crippen LogP contribution in [0.4, 0.5) is 0 Å². The molecule has 0 amide bonds. The second-order valence-electron chi connectivity index (χ2n) is 4.76. The highest BCUT2D eigenvalue weighted by Gasteiger charge is 2.32. The SMILES string of the molecule is CCOC(=O)C1CCCN(S(=O)(=O)CCCC(=O)O)C1. The van der Waals surface area contributed by atoms with Gasteiger partial charge in [-0.3, -0.25) is 9.59 Å². The molecule has 0 bridgehead atoms. The van der Waals surface area contributed by atoms with Gasteiger partial charge in [-0.1, -0.05) is 0 Å². The molecule has 1 atom stereocenters. The van der Waals surface area contributed by atoms with E-state index in [-0.39, 0.29) is 37.7 Å². The Labute approximate surface area is 118 Å². The summed E-state index contributed by atoms with van der Waals surface area (Å²) in [7, 11) is -3.50. The quantitative estimate of drug-likeness (QED) is 0.686. The van der Waals surface area contributed by atoms with Gasteiger partial charge in [-0.25, -0.2) is 12.7 Å². The van der Waals surface area contributed by atoms with Crippen LogP contribution < -0.4 is 0 Å². The van der Waals surface area contributed by atoms with E-state index in [2.05, 4.69) is 0 Å². The predicted molar refractivity (Wildman–Crippen MR) is 71.6 cm³/mol. The molecule has 0 aromatic rings. The number of carboxylic acid groups (broad SMARTS) is 1. The number of esters is 1. The first-order valence-corrected chi connectivity index (χ1v) is 8.34. The molecule has 1 unspecified atom stereocenters. The van der Waals surface area contributed by atoms with Gasteiger partial charge < -0.3 is 9.84 Å². The van der Waals surface area contributed by atoms with E-state index >= 15 is 0 Å². The van der Waals surface area contributed by atoms with Crippen molar-refractivity contribution in [1.29, 1.82) is 0 Å². The Morgan fingerprint density at radius 1 is 1.40 bits per heavy atom. The lowest BCUT2D eigenvalue weighted by atomic mass is 10.0. The second kappa shape index (κ2) is 7.58. The topological polar surface area (TPSA) is 101 Å². The third kappa shape index (κ3) is 5.09. The van der Waals surface area contributed by atoms with Crippen molar-refractivity contribution in [3.63, 3.8) is 0 Å². The minimum Gasteiger partial charge on any atom is -0.481 e. The lowest BCUT2D eigenvalue weighted by Gasteiger charge is -2.30. The summed E-state index contributed by atoms with van der Waals surface area (Å²) in [6.45, 7) is 2.50. The van der Waals surface area contributed by atoms with Crippen molar-refractivity contribution in [2.75, 3.05) is 25.4 Å². The summed E-state index contributed by atoms with van der Waals surface area (Å²) >= 11 is 0. The van der Waals surface area contributed by atoms with Crippen LogP contribution in [0.5, 0.6) is 0 Å². The molecule has 1 saturated heterocycles. The molecule has 116 valence electrons. The molecule has 1 aliphatic rings. The highest BCUT2D eigenvalue weighted by atomic mass is 32.2. The third-order valence-electron chi connectivity index (χ3n) is 3.19. The Bertz CT molecular complexity index is 447. The summed E-state index contributed by atoms with van der Waals surface area (Å²) in [4.78, 5) is 22.1. The number of carboxylic acids is 1. The van der Waals surface area contributed by atoms with Gasteiger partial charge in [0.15, 0.2) is 0 Å². The number of nitrogens with zero attached hydrogens (tertiary/aromatic N) is 1. The number of hydrogen-bond donors (Lipinski definition) is 1. The van der Waals surface area contributed by atoms with Gasteiger partial charge in [0.05, 0.1) is 18.3 Å². The van der Waals surface area contributed by atoms with Crippen molar-refractivity contribution in [3.8, 4) is 0 Å². The lowest BCUT2D eigenvalue weighted by molar-refractivity contribution is -0.149. The van der Waals surface area contributed by atoms with Crippen molar-refractivity contribution in [1.82, 2.24) is 4.31 Å². The van der Waals surface area contributed by atoms with Gasteiger partial charge >= 0.3 is 11.9 Å². The van der Waals surface area contributed by atoms with Crippen LogP contribution in [0.1, 0.15) is 32.6 Å². The van der Waals surface area contributed by atoms with E-state index in [4.69, 9.17) is 9.84 Å². The standard InChI is InChI=1S/C12H21NO6S/c1-2-19-12(16)10-5-3-7-13(9-10)20(17,18)8-4-6-11(14)15/h10H,2-9H2,1H3,(H,14,15). The lowest BCUT2D eigenvalue weighted by Crippen LogP contribution is -2.43. The number of rotatable bonds is 7. The molecule has 7 nitrogen and oxygen atoms in total. The molecular formula is C12H21NO6S. The van der Waals surface area contributed by atoms with Crippen molar-refractivity contribution in [2.24, 2.45) is 5.92 Å². The van der Waals surface area contributed by atoms with Crippen molar-refractivity contribution in [2.45, 2.75) is 32.6 Å². The molecule has 0 spiro atoms. The summed E-state index contributed by atoms with van der Waals surface area (Å²) in [5.74, 6) is -1.99. The zero-order chi connectivity index (χ0) is 15.2. The molecule has 0 radical (unpaired) electrons. The molecule has 0 aliphatic carbocycles. The van der Waals surface area contributed by atoms with E-state index in [0.717, 1.165) is 0 Å². The summed E-state index contributed by atoms with van der Waals surface area (Å²) in [6.07, 6.45) is 1.15. The van der Waals surface area contributed by atoms with E-state index in [1.54, 1.807) is 6.92 Å². The number of carbonyl (C=O) groups excluding carboxylic acids is 1. The molecule has 20 heavy (non-hydrogen) atoms. The normalized spacial score (nSPS) is 20.6. The maximum Gasteiger partial charge on any atom is 0.310 e. The van der Waals surface area contributed by atoms with Crippen LogP contribution in [-0.2, 0) is 24.3 Å². The fourth-order valence-electron chi connectivity index (χ4n) is 2.18. The smallest absolute Gasteiger partial charge is 0.310 e. The van der Waals surface area contributed by atoms with Gasteiger partial charge in [0, 0.05) is 19.5 Å². The molecule has 0 saturated carbocycles. The zero-order valence-electron chi connectivity index (χ0n) is 11.6. The minimum absolute atomic E-state index is 0.0816. The highest BCUT2D eigenvalue weighted by Crippen LogP contribution is 2.21. The van der Waals surface area contributed by atoms with Gasteiger partial charge in [0.25, 0.3) is 0 Å². The van der Waals surface area contributed by atoms with Crippen LogP contribution in [0, 0.1) is 5.92 Å². The molecule has 0 aromatic heterocycles. The Balaban J connectivity index is 2.56. The third-order valence-corrected chi connectivity index (χ3v) is 5.11. The zero-order valence-corrected chi connectivity index (χ0v) is 12.4. The largest absolute Gasteiger partial charge is 0.481 e. The molecular weight excluding hydrogens is 286 g/mol. The van der Waals surface area contributed by atoms with Gasteiger partial charge in [-0.15, -0.1) is 0 Å². The molecule has 1 aliphatic heterocycles. The van der Waals surface area contributed by atoms with Crippen molar-refractivity contribution >= 4 is 22.0 Å². The number of hydrogen-bond acceptors (Lipinski definition) is 5. The first-order chi connectivity index (χ1) is 9.36.